The van der Waals surface area contributed by atoms with Crippen LogP contribution in [0.5, 0.6) is 0 Å². The van der Waals surface area contributed by atoms with Crippen LogP contribution in [-0.4, -0.2) is 18.1 Å². The second-order valence-corrected chi connectivity index (χ2v) is 6.64. The largest absolute Gasteiger partial charge is 0.344 e. The number of anilines is 1. The fourth-order valence-corrected chi connectivity index (χ4v) is 3.87. The number of benzene rings is 1. The maximum absolute atomic E-state index is 4.81. The second kappa shape index (κ2) is 6.58. The summed E-state index contributed by atoms with van der Waals surface area (Å²) >= 11 is 1.84. The molecule has 1 aromatic heterocycles. The highest BCUT2D eigenvalue weighted by atomic mass is 32.1. The Morgan fingerprint density at radius 1 is 1.29 bits per heavy atom. The van der Waals surface area contributed by atoms with Gasteiger partial charge in [0, 0.05) is 24.5 Å². The van der Waals surface area contributed by atoms with E-state index < -0.39 is 0 Å². The molecule has 2 aromatic rings. The molecule has 0 spiro atoms. The Labute approximate surface area is 131 Å². The average molecular weight is 301 g/mol. The van der Waals surface area contributed by atoms with Gasteiger partial charge in [0.25, 0.3) is 0 Å². The molecule has 2 heterocycles. The highest BCUT2D eigenvalue weighted by Gasteiger charge is 2.18. The Hall–Kier alpha value is -1.39. The van der Waals surface area contributed by atoms with Crippen LogP contribution >= 0.6 is 11.3 Å². The molecule has 1 aliphatic rings. The van der Waals surface area contributed by atoms with Crippen LogP contribution in [0.4, 0.5) is 5.13 Å². The van der Waals surface area contributed by atoms with Crippen molar-refractivity contribution in [1.82, 2.24) is 10.3 Å². The van der Waals surface area contributed by atoms with Gasteiger partial charge in [-0.3, -0.25) is 0 Å². The zero-order valence-electron chi connectivity index (χ0n) is 12.9. The summed E-state index contributed by atoms with van der Waals surface area (Å²) in [6.07, 6.45) is 2.39. The average Bonchev–Trinajstić information content (AvgIpc) is 2.73. The second-order valence-electron chi connectivity index (χ2n) is 5.58. The van der Waals surface area contributed by atoms with E-state index in [0.717, 1.165) is 26.2 Å². The molecule has 0 amide bonds. The number of fused-ring (bicyclic) bond motifs is 1. The van der Waals surface area contributed by atoms with E-state index in [9.17, 15) is 0 Å². The molecule has 0 saturated heterocycles. The van der Waals surface area contributed by atoms with Crippen LogP contribution in [0.15, 0.2) is 24.3 Å². The van der Waals surface area contributed by atoms with Gasteiger partial charge in [-0.1, -0.05) is 31.2 Å². The number of thiazole rings is 1. The summed E-state index contributed by atoms with van der Waals surface area (Å²) in [4.78, 5) is 8.61. The van der Waals surface area contributed by atoms with E-state index in [1.807, 2.05) is 11.3 Å². The van der Waals surface area contributed by atoms with E-state index in [4.69, 9.17) is 4.98 Å². The van der Waals surface area contributed by atoms with Crippen molar-refractivity contribution in [2.24, 2.45) is 0 Å². The van der Waals surface area contributed by atoms with Crippen molar-refractivity contribution >= 4 is 16.5 Å². The third kappa shape index (κ3) is 3.27. The number of aryl methyl sites for hydroxylation is 2. The lowest BCUT2D eigenvalue weighted by Crippen LogP contribution is -2.22. The van der Waals surface area contributed by atoms with Crippen LogP contribution in [0.2, 0.25) is 0 Å². The first-order chi connectivity index (χ1) is 10.3. The van der Waals surface area contributed by atoms with Crippen molar-refractivity contribution in [1.29, 1.82) is 0 Å². The molecular weight excluding hydrogens is 278 g/mol. The monoisotopic (exact) mass is 301 g/mol. The summed E-state index contributed by atoms with van der Waals surface area (Å²) < 4.78 is 0. The lowest BCUT2D eigenvalue weighted by atomic mass is 10.0. The molecule has 0 fully saturated rings. The molecule has 0 radical (unpaired) electrons. The molecule has 0 bridgehead atoms. The number of rotatable bonds is 4. The Kier molecular flexibility index (Phi) is 4.56. The fourth-order valence-electron chi connectivity index (χ4n) is 2.81. The van der Waals surface area contributed by atoms with Crippen LogP contribution in [0.3, 0.4) is 0 Å². The van der Waals surface area contributed by atoms with Crippen molar-refractivity contribution in [3.05, 3.63) is 46.0 Å². The number of hydrogen-bond donors (Lipinski definition) is 1. The first kappa shape index (κ1) is 14.5. The maximum atomic E-state index is 4.81. The number of aromatic nitrogens is 1. The molecule has 1 N–H and O–H groups in total. The van der Waals surface area contributed by atoms with Crippen LogP contribution in [0, 0.1) is 6.92 Å². The maximum Gasteiger partial charge on any atom is 0.186 e. The minimum atomic E-state index is 0.935. The minimum Gasteiger partial charge on any atom is -0.344 e. The van der Waals surface area contributed by atoms with Crippen LogP contribution in [0.1, 0.15) is 35.0 Å². The van der Waals surface area contributed by atoms with Gasteiger partial charge in [0.1, 0.15) is 0 Å². The smallest absolute Gasteiger partial charge is 0.186 e. The van der Waals surface area contributed by atoms with Gasteiger partial charge in [-0.05, 0) is 37.4 Å². The van der Waals surface area contributed by atoms with Gasteiger partial charge in [0.05, 0.1) is 5.69 Å². The summed E-state index contributed by atoms with van der Waals surface area (Å²) in [5, 5.41) is 4.58. The first-order valence-electron chi connectivity index (χ1n) is 7.76. The van der Waals surface area contributed by atoms with E-state index in [1.54, 1.807) is 0 Å². The zero-order valence-corrected chi connectivity index (χ0v) is 13.7. The molecule has 3 rings (SSSR count). The van der Waals surface area contributed by atoms with E-state index in [-0.39, 0.29) is 0 Å². The number of nitrogens with one attached hydrogen (secondary N) is 1. The minimum absolute atomic E-state index is 0.935. The van der Waals surface area contributed by atoms with Gasteiger partial charge in [0.15, 0.2) is 5.13 Å². The number of nitrogens with zero attached hydrogens (tertiary/aromatic N) is 2. The Balaban J connectivity index is 1.81. The zero-order chi connectivity index (χ0) is 14.7. The molecule has 3 nitrogen and oxygen atoms in total. The third-order valence-corrected chi connectivity index (χ3v) is 5.26. The Morgan fingerprint density at radius 3 is 2.90 bits per heavy atom. The summed E-state index contributed by atoms with van der Waals surface area (Å²) in [7, 11) is 0. The lowest BCUT2D eigenvalue weighted by Gasteiger charge is -2.19. The lowest BCUT2D eigenvalue weighted by molar-refractivity contribution is 0.730. The van der Waals surface area contributed by atoms with Gasteiger partial charge >= 0.3 is 0 Å². The predicted molar refractivity (Wildman–Crippen MR) is 90.0 cm³/mol. The van der Waals surface area contributed by atoms with Crippen molar-refractivity contribution in [3.8, 4) is 0 Å². The number of hydrogen-bond acceptors (Lipinski definition) is 4. The van der Waals surface area contributed by atoms with Crippen molar-refractivity contribution in [2.45, 2.75) is 39.8 Å². The van der Waals surface area contributed by atoms with Crippen molar-refractivity contribution in [3.63, 3.8) is 0 Å². The topological polar surface area (TPSA) is 28.2 Å². The Bertz CT molecular complexity index is 606. The van der Waals surface area contributed by atoms with Gasteiger partial charge in [-0.2, -0.15) is 0 Å². The summed E-state index contributed by atoms with van der Waals surface area (Å²) in [5.74, 6) is 0. The highest BCUT2D eigenvalue weighted by molar-refractivity contribution is 7.15. The van der Waals surface area contributed by atoms with Gasteiger partial charge < -0.3 is 10.2 Å². The third-order valence-electron chi connectivity index (χ3n) is 4.04. The van der Waals surface area contributed by atoms with E-state index >= 15 is 0 Å². The molecule has 0 saturated carbocycles. The standard InChI is InChI=1S/C17H23N3S/c1-3-18-11-16-13(2)19-17(21-16)20-10-6-9-14-7-4-5-8-15(14)12-20/h4-5,7-8,18H,3,6,9-12H2,1-2H3. The quantitative estimate of drug-likeness (QED) is 0.936. The van der Waals surface area contributed by atoms with E-state index in [2.05, 4.69) is 48.3 Å². The summed E-state index contributed by atoms with van der Waals surface area (Å²) in [6.45, 7) is 8.29. The van der Waals surface area contributed by atoms with E-state index in [0.29, 0.717) is 0 Å². The summed E-state index contributed by atoms with van der Waals surface area (Å²) in [6, 6.07) is 8.82. The van der Waals surface area contributed by atoms with Crippen LogP contribution in [-0.2, 0) is 19.5 Å². The molecule has 1 aliphatic heterocycles. The molecule has 0 unspecified atom stereocenters. The fraction of sp³-hybridized carbons (Fsp3) is 0.471. The molecule has 1 aromatic carbocycles. The summed E-state index contributed by atoms with van der Waals surface area (Å²) in [5.41, 5.74) is 4.13. The molecule has 112 valence electrons. The van der Waals surface area contributed by atoms with Crippen LogP contribution in [0.25, 0.3) is 0 Å². The first-order valence-corrected chi connectivity index (χ1v) is 8.58. The molecule has 21 heavy (non-hydrogen) atoms. The molecule has 0 aliphatic carbocycles. The van der Waals surface area contributed by atoms with Crippen LogP contribution < -0.4 is 10.2 Å². The molecular formula is C17H23N3S. The van der Waals surface area contributed by atoms with Crippen molar-refractivity contribution in [2.75, 3.05) is 18.0 Å². The van der Waals surface area contributed by atoms with Gasteiger partial charge in [-0.15, -0.1) is 11.3 Å². The van der Waals surface area contributed by atoms with E-state index in [1.165, 1.54) is 39.7 Å². The predicted octanol–water partition coefficient (Wildman–Crippen LogP) is 3.51. The Morgan fingerprint density at radius 2 is 2.10 bits per heavy atom. The molecule has 4 heteroatoms. The molecule has 0 atom stereocenters. The highest BCUT2D eigenvalue weighted by Crippen LogP contribution is 2.29. The van der Waals surface area contributed by atoms with Crippen molar-refractivity contribution < 1.29 is 0 Å². The van der Waals surface area contributed by atoms with Gasteiger partial charge in [-0.25, -0.2) is 4.98 Å². The normalized spacial score (nSPS) is 14.9. The SMILES string of the molecule is CCNCc1sc(N2CCCc3ccccc3C2)nc1C. The van der Waals surface area contributed by atoms with Gasteiger partial charge in [0.2, 0.25) is 0 Å².